The molecule has 0 aromatic heterocycles. The fourth-order valence-electron chi connectivity index (χ4n) is 1.68. The third-order valence-corrected chi connectivity index (χ3v) is 2.68. The highest BCUT2D eigenvalue weighted by Crippen LogP contribution is 2.31. The highest BCUT2D eigenvalue weighted by Gasteiger charge is 2.30. The van der Waals surface area contributed by atoms with Crippen LogP contribution in [0, 0.1) is 0 Å². The van der Waals surface area contributed by atoms with E-state index in [1.165, 1.54) is 6.07 Å². The molecule has 0 spiro atoms. The van der Waals surface area contributed by atoms with Gasteiger partial charge in [0.25, 0.3) is 0 Å². The molecule has 0 amide bonds. The van der Waals surface area contributed by atoms with Crippen LogP contribution in [0.25, 0.3) is 0 Å². The topological polar surface area (TPSA) is 17.1 Å². The lowest BCUT2D eigenvalue weighted by atomic mass is 9.93. The summed E-state index contributed by atoms with van der Waals surface area (Å²) in [7, 11) is 0. The Balaban J connectivity index is 2.93. The molecule has 0 aliphatic rings. The summed E-state index contributed by atoms with van der Waals surface area (Å²) in [5.74, 6) is -0.433. The Kier molecular flexibility index (Phi) is 4.73. The Morgan fingerprint density at radius 2 is 2.06 bits per heavy atom. The third kappa shape index (κ3) is 3.88. The van der Waals surface area contributed by atoms with Gasteiger partial charge in [0.05, 0.1) is 5.56 Å². The van der Waals surface area contributed by atoms with E-state index in [4.69, 9.17) is 0 Å². The lowest BCUT2D eigenvalue weighted by molar-refractivity contribution is -0.137. The van der Waals surface area contributed by atoms with Crippen molar-refractivity contribution in [2.45, 2.75) is 38.3 Å². The Bertz CT molecular complexity index is 371. The summed E-state index contributed by atoms with van der Waals surface area (Å²) in [5.41, 5.74) is -0.248. The molecule has 4 heteroatoms. The van der Waals surface area contributed by atoms with E-state index in [0.717, 1.165) is 31.3 Å². The van der Waals surface area contributed by atoms with Gasteiger partial charge in [-0.15, -0.1) is 0 Å². The van der Waals surface area contributed by atoms with E-state index in [-0.39, 0.29) is 0 Å². The van der Waals surface area contributed by atoms with Crippen molar-refractivity contribution in [3.05, 3.63) is 35.4 Å². The van der Waals surface area contributed by atoms with Crippen LogP contribution >= 0.6 is 0 Å². The molecule has 1 nitrogen and oxygen atoms in total. The van der Waals surface area contributed by atoms with Crippen LogP contribution in [0.3, 0.4) is 0 Å². The minimum absolute atomic E-state index is 0.433. The molecule has 0 saturated carbocycles. The molecule has 1 aromatic rings. The monoisotopic (exact) mass is 244 g/mol. The van der Waals surface area contributed by atoms with Gasteiger partial charge in [0, 0.05) is 5.92 Å². The van der Waals surface area contributed by atoms with Crippen LogP contribution in [0.1, 0.15) is 43.2 Å². The molecule has 0 N–H and O–H groups in total. The maximum atomic E-state index is 12.5. The molecule has 0 aliphatic carbocycles. The zero-order chi connectivity index (χ0) is 12.9. The average Bonchev–Trinajstić information content (AvgIpc) is 2.29. The Labute approximate surface area is 98.6 Å². The summed E-state index contributed by atoms with van der Waals surface area (Å²) in [6, 6.07) is 5.00. The fourth-order valence-corrected chi connectivity index (χ4v) is 1.68. The quantitative estimate of drug-likeness (QED) is 0.710. The maximum absolute atomic E-state index is 12.5. The predicted octanol–water partition coefficient (Wildman–Crippen LogP) is 4.18. The minimum Gasteiger partial charge on any atom is -0.303 e. The predicted molar refractivity (Wildman–Crippen MR) is 59.8 cm³/mol. The second-order valence-electron chi connectivity index (χ2n) is 4.01. The smallest absolute Gasteiger partial charge is 0.303 e. The highest BCUT2D eigenvalue weighted by molar-refractivity contribution is 5.62. The van der Waals surface area contributed by atoms with E-state index < -0.39 is 17.7 Å². The molecule has 17 heavy (non-hydrogen) atoms. The lowest BCUT2D eigenvalue weighted by Gasteiger charge is -2.13. The van der Waals surface area contributed by atoms with Gasteiger partial charge in [0.15, 0.2) is 0 Å². The van der Waals surface area contributed by atoms with Crippen molar-refractivity contribution in [2.24, 2.45) is 0 Å². The summed E-state index contributed by atoms with van der Waals surface area (Å²) in [5, 5.41) is 0. The van der Waals surface area contributed by atoms with Crippen LogP contribution in [-0.2, 0) is 11.0 Å². The van der Waals surface area contributed by atoms with E-state index in [1.807, 2.05) is 6.92 Å². The van der Waals surface area contributed by atoms with Crippen LogP contribution in [0.2, 0.25) is 0 Å². The molecule has 0 heterocycles. The van der Waals surface area contributed by atoms with Gasteiger partial charge in [-0.2, -0.15) is 13.2 Å². The molecular weight excluding hydrogens is 229 g/mol. The Morgan fingerprint density at radius 1 is 1.35 bits per heavy atom. The zero-order valence-corrected chi connectivity index (χ0v) is 9.63. The van der Waals surface area contributed by atoms with E-state index in [0.29, 0.717) is 12.0 Å². The van der Waals surface area contributed by atoms with Gasteiger partial charge >= 0.3 is 6.18 Å². The number of hydrogen-bond acceptors (Lipinski definition) is 1. The van der Waals surface area contributed by atoms with Gasteiger partial charge < -0.3 is 4.79 Å². The van der Waals surface area contributed by atoms with Gasteiger partial charge in [-0.25, -0.2) is 0 Å². The van der Waals surface area contributed by atoms with E-state index >= 15 is 0 Å². The first kappa shape index (κ1) is 13.7. The third-order valence-electron chi connectivity index (χ3n) is 2.68. The number of hydrogen-bond donors (Lipinski definition) is 0. The molecule has 1 atom stereocenters. The number of rotatable bonds is 5. The lowest BCUT2D eigenvalue weighted by Crippen LogP contribution is -2.07. The number of carbonyl (C=O) groups is 1. The minimum atomic E-state index is -4.35. The summed E-state index contributed by atoms with van der Waals surface area (Å²) in [6.45, 7) is 1.98. The Hall–Kier alpha value is -1.32. The zero-order valence-electron chi connectivity index (χ0n) is 9.63. The van der Waals surface area contributed by atoms with Crippen LogP contribution in [0.15, 0.2) is 24.3 Å². The van der Waals surface area contributed by atoms with E-state index in [9.17, 15) is 18.0 Å². The summed E-state index contributed by atoms with van der Waals surface area (Å²) < 4.78 is 37.5. The number of unbranched alkanes of at least 4 members (excludes halogenated alkanes) is 1. The standard InChI is InChI=1S/C13H15F3O/c1-2-3-5-11(9-17)10-6-4-7-12(8-10)13(14,15)16/h4,6-9,11H,2-3,5H2,1H3. The van der Waals surface area contributed by atoms with Gasteiger partial charge in [-0.1, -0.05) is 38.0 Å². The fraction of sp³-hybridized carbons (Fsp3) is 0.462. The molecule has 94 valence electrons. The SMILES string of the molecule is CCCCC(C=O)c1cccc(C(F)(F)F)c1. The molecular formula is C13H15F3O. The molecule has 0 radical (unpaired) electrons. The van der Waals surface area contributed by atoms with Crippen molar-refractivity contribution in [3.63, 3.8) is 0 Å². The van der Waals surface area contributed by atoms with Crippen molar-refractivity contribution in [3.8, 4) is 0 Å². The van der Waals surface area contributed by atoms with Crippen LogP contribution in [0.5, 0.6) is 0 Å². The molecule has 1 unspecified atom stereocenters. The normalized spacial score (nSPS) is 13.4. The van der Waals surface area contributed by atoms with Crippen molar-refractivity contribution in [1.82, 2.24) is 0 Å². The second kappa shape index (κ2) is 5.84. The first-order valence-electron chi connectivity index (χ1n) is 5.61. The van der Waals surface area contributed by atoms with E-state index in [1.54, 1.807) is 6.07 Å². The van der Waals surface area contributed by atoms with Crippen molar-refractivity contribution >= 4 is 6.29 Å². The van der Waals surface area contributed by atoms with Gasteiger partial charge in [-0.3, -0.25) is 0 Å². The number of benzene rings is 1. The first-order valence-corrected chi connectivity index (χ1v) is 5.61. The highest BCUT2D eigenvalue weighted by atomic mass is 19.4. The van der Waals surface area contributed by atoms with Crippen molar-refractivity contribution < 1.29 is 18.0 Å². The van der Waals surface area contributed by atoms with Crippen LogP contribution in [0.4, 0.5) is 13.2 Å². The molecule has 0 aliphatic heterocycles. The molecule has 1 rings (SSSR count). The largest absolute Gasteiger partial charge is 0.416 e. The first-order chi connectivity index (χ1) is 7.99. The van der Waals surface area contributed by atoms with Gasteiger partial charge in [-0.05, 0) is 18.1 Å². The molecule has 0 saturated heterocycles. The van der Waals surface area contributed by atoms with Crippen LogP contribution in [-0.4, -0.2) is 6.29 Å². The maximum Gasteiger partial charge on any atom is 0.416 e. The average molecular weight is 244 g/mol. The number of halogens is 3. The second-order valence-corrected chi connectivity index (χ2v) is 4.01. The molecule has 0 fully saturated rings. The summed E-state index contributed by atoms with van der Waals surface area (Å²) in [6.07, 6.45) is -1.27. The summed E-state index contributed by atoms with van der Waals surface area (Å²) >= 11 is 0. The number of carbonyl (C=O) groups excluding carboxylic acids is 1. The van der Waals surface area contributed by atoms with Crippen molar-refractivity contribution in [2.75, 3.05) is 0 Å². The van der Waals surface area contributed by atoms with Gasteiger partial charge in [0.2, 0.25) is 0 Å². The number of alkyl halides is 3. The van der Waals surface area contributed by atoms with Gasteiger partial charge in [0.1, 0.15) is 6.29 Å². The van der Waals surface area contributed by atoms with Crippen LogP contribution < -0.4 is 0 Å². The van der Waals surface area contributed by atoms with E-state index in [2.05, 4.69) is 0 Å². The molecule has 1 aromatic carbocycles. The molecule has 0 bridgehead atoms. The number of aldehydes is 1. The van der Waals surface area contributed by atoms with Crippen molar-refractivity contribution in [1.29, 1.82) is 0 Å². The summed E-state index contributed by atoms with van der Waals surface area (Å²) in [4.78, 5) is 10.9. The Morgan fingerprint density at radius 3 is 2.59 bits per heavy atom.